The van der Waals surface area contributed by atoms with Gasteiger partial charge in [-0.1, -0.05) is 18.2 Å². The number of rotatable bonds is 1. The maximum absolute atomic E-state index is 14.1. The van der Waals surface area contributed by atoms with Gasteiger partial charge in [-0.25, -0.2) is 0 Å². The molecular weight excluding hydrogens is 382 g/mol. The molecule has 8 atom stereocenters. The van der Waals surface area contributed by atoms with Gasteiger partial charge in [0.25, 0.3) is 0 Å². The van der Waals surface area contributed by atoms with Crippen LogP contribution in [0, 0.1) is 34.5 Å². The molecule has 1 amide bonds. The molecule has 162 valence electrons. The molecule has 1 spiro atoms. The van der Waals surface area contributed by atoms with E-state index in [4.69, 9.17) is 4.74 Å². The molecule has 6 rings (SSSR count). The zero-order valence-electron chi connectivity index (χ0n) is 17.6. The molecule has 6 aliphatic rings. The third-order valence-electron chi connectivity index (χ3n) is 9.76. The van der Waals surface area contributed by atoms with Crippen LogP contribution in [0.2, 0.25) is 0 Å². The number of hydrogen-bond donors (Lipinski definition) is 2. The van der Waals surface area contributed by atoms with Crippen LogP contribution in [-0.2, 0) is 14.3 Å². The second-order valence-corrected chi connectivity index (χ2v) is 10.9. The Morgan fingerprint density at radius 1 is 1.33 bits per heavy atom. The smallest absolute Gasteiger partial charge is 0.227 e. The fraction of sp³-hybridized carbons (Fsp3) is 0.750. The number of aliphatic hydroxyl groups is 2. The first-order valence-electron chi connectivity index (χ1n) is 11.4. The van der Waals surface area contributed by atoms with E-state index < -0.39 is 28.5 Å². The van der Waals surface area contributed by atoms with Crippen molar-refractivity contribution in [2.75, 3.05) is 26.3 Å². The monoisotopic (exact) mass is 413 g/mol. The topological polar surface area (TPSA) is 87.1 Å². The summed E-state index contributed by atoms with van der Waals surface area (Å²) in [7, 11) is 0. The highest BCUT2D eigenvalue weighted by Gasteiger charge is 2.74. The second kappa shape index (κ2) is 5.84. The number of aliphatic hydroxyl groups excluding tert-OH is 1. The molecule has 30 heavy (non-hydrogen) atoms. The number of morpholine rings is 1. The van der Waals surface area contributed by atoms with Crippen molar-refractivity contribution in [2.24, 2.45) is 34.5 Å². The molecule has 4 saturated carbocycles. The molecule has 1 aliphatic heterocycles. The Kier molecular flexibility index (Phi) is 3.74. The number of nitrogens with zero attached hydrogens (tertiary/aromatic N) is 1. The van der Waals surface area contributed by atoms with Crippen LogP contribution in [0.3, 0.4) is 0 Å². The van der Waals surface area contributed by atoms with Crippen molar-refractivity contribution >= 4 is 11.7 Å². The molecule has 5 fully saturated rings. The van der Waals surface area contributed by atoms with Gasteiger partial charge < -0.3 is 19.8 Å². The minimum atomic E-state index is -0.921. The Labute approximate surface area is 177 Å². The molecule has 0 radical (unpaired) electrons. The van der Waals surface area contributed by atoms with E-state index in [9.17, 15) is 19.8 Å². The van der Waals surface area contributed by atoms with Crippen LogP contribution in [0.4, 0.5) is 0 Å². The van der Waals surface area contributed by atoms with Gasteiger partial charge in [0, 0.05) is 31.3 Å². The summed E-state index contributed by atoms with van der Waals surface area (Å²) in [5, 5.41) is 22.4. The van der Waals surface area contributed by atoms with Gasteiger partial charge in [-0.05, 0) is 49.5 Å². The molecule has 5 aliphatic carbocycles. The third-order valence-corrected chi connectivity index (χ3v) is 9.76. The van der Waals surface area contributed by atoms with E-state index in [1.807, 2.05) is 11.8 Å². The van der Waals surface area contributed by atoms with Gasteiger partial charge in [-0.3, -0.25) is 9.59 Å². The van der Waals surface area contributed by atoms with E-state index in [-0.39, 0.29) is 29.4 Å². The van der Waals surface area contributed by atoms with Gasteiger partial charge in [0.15, 0.2) is 0 Å². The van der Waals surface area contributed by atoms with E-state index in [1.54, 1.807) is 0 Å². The molecule has 0 aromatic heterocycles. The van der Waals surface area contributed by atoms with Crippen LogP contribution >= 0.6 is 0 Å². The number of ketones is 1. The number of hydrogen-bond acceptors (Lipinski definition) is 5. The number of carbonyl (C=O) groups is 2. The number of ether oxygens (including phenoxy) is 1. The minimum Gasteiger partial charge on any atom is -0.391 e. The molecular formula is C24H31NO5. The van der Waals surface area contributed by atoms with E-state index in [1.165, 1.54) is 5.57 Å². The van der Waals surface area contributed by atoms with Gasteiger partial charge >= 0.3 is 0 Å². The first kappa shape index (κ1) is 19.2. The van der Waals surface area contributed by atoms with E-state index in [0.717, 1.165) is 12.0 Å². The normalized spacial score (nSPS) is 51.6. The van der Waals surface area contributed by atoms with Crippen LogP contribution in [-0.4, -0.2) is 64.8 Å². The average Bonchev–Trinajstić information content (AvgIpc) is 3.16. The molecule has 0 aromatic rings. The fourth-order valence-electron chi connectivity index (χ4n) is 8.34. The summed E-state index contributed by atoms with van der Waals surface area (Å²) < 4.78 is 5.47. The molecule has 0 aromatic carbocycles. The lowest BCUT2D eigenvalue weighted by atomic mass is 9.60. The summed E-state index contributed by atoms with van der Waals surface area (Å²) in [6.45, 7) is 8.27. The summed E-state index contributed by atoms with van der Waals surface area (Å²) in [6.07, 6.45) is 4.44. The lowest BCUT2D eigenvalue weighted by molar-refractivity contribution is -0.152. The van der Waals surface area contributed by atoms with Crippen molar-refractivity contribution in [3.8, 4) is 0 Å². The van der Waals surface area contributed by atoms with Crippen LogP contribution < -0.4 is 0 Å². The predicted octanol–water partition coefficient (Wildman–Crippen LogP) is 1.46. The van der Waals surface area contributed by atoms with E-state index in [0.29, 0.717) is 52.0 Å². The molecule has 6 nitrogen and oxygen atoms in total. The van der Waals surface area contributed by atoms with Crippen molar-refractivity contribution in [1.82, 2.24) is 4.90 Å². The zero-order chi connectivity index (χ0) is 21.1. The molecule has 0 unspecified atom stereocenters. The number of carbonyl (C=O) groups excluding carboxylic acids is 2. The minimum absolute atomic E-state index is 0.0715. The first-order valence-corrected chi connectivity index (χ1v) is 11.4. The highest BCUT2D eigenvalue weighted by atomic mass is 16.5. The SMILES string of the molecule is C=C1C[C@]23C[C@@]1(O)CC[C@H]2C1=C[C@H]2CC(=O)[C@@](C)([C@H]1[C@@H]3C(=O)N1CCOCC1)[C@H]2O. The van der Waals surface area contributed by atoms with Crippen LogP contribution in [0.15, 0.2) is 23.8 Å². The Bertz CT molecular complexity index is 890. The second-order valence-electron chi connectivity index (χ2n) is 10.9. The molecule has 2 N–H and O–H groups in total. The highest BCUT2D eigenvalue weighted by molar-refractivity contribution is 5.92. The van der Waals surface area contributed by atoms with Gasteiger partial charge in [0.1, 0.15) is 5.78 Å². The van der Waals surface area contributed by atoms with Crippen LogP contribution in [0.1, 0.15) is 39.0 Å². The summed E-state index contributed by atoms with van der Waals surface area (Å²) >= 11 is 0. The van der Waals surface area contributed by atoms with Gasteiger partial charge in [-0.15, -0.1) is 0 Å². The van der Waals surface area contributed by atoms with Crippen molar-refractivity contribution < 1.29 is 24.5 Å². The number of amides is 1. The van der Waals surface area contributed by atoms with Crippen molar-refractivity contribution in [3.63, 3.8) is 0 Å². The summed E-state index contributed by atoms with van der Waals surface area (Å²) in [5.74, 6) is -0.501. The average molecular weight is 414 g/mol. The highest BCUT2D eigenvalue weighted by Crippen LogP contribution is 2.74. The zero-order valence-corrected chi connectivity index (χ0v) is 17.6. The van der Waals surface area contributed by atoms with Crippen LogP contribution in [0.25, 0.3) is 0 Å². The molecule has 6 heteroatoms. The number of allylic oxidation sites excluding steroid dienone is 1. The van der Waals surface area contributed by atoms with Crippen LogP contribution in [0.5, 0.6) is 0 Å². The number of fused-ring (bicyclic) bond motifs is 6. The lowest BCUT2D eigenvalue weighted by Gasteiger charge is -2.45. The standard InChI is InChI=1S/C24H31NO5/c1-13-11-23-12-24(13,29)4-3-16(23)15-9-14-10-17(26)22(2,20(14)27)18(15)19(23)21(28)25-5-7-30-8-6-25/h9,14,16,18-20,27,29H,1,3-8,10-12H2,2H3/t14-,16-,18+,19+,20-,22-,23-,24-/m0/s1. The molecule has 1 heterocycles. The summed E-state index contributed by atoms with van der Waals surface area (Å²) in [4.78, 5) is 29.2. The van der Waals surface area contributed by atoms with Crippen molar-refractivity contribution in [1.29, 1.82) is 0 Å². The largest absolute Gasteiger partial charge is 0.391 e. The maximum atomic E-state index is 14.1. The van der Waals surface area contributed by atoms with E-state index in [2.05, 4.69) is 12.7 Å². The first-order chi connectivity index (χ1) is 14.2. The predicted molar refractivity (Wildman–Crippen MR) is 108 cm³/mol. The molecule has 1 saturated heterocycles. The van der Waals surface area contributed by atoms with E-state index >= 15 is 0 Å². The maximum Gasteiger partial charge on any atom is 0.227 e. The lowest BCUT2D eigenvalue weighted by Crippen LogP contribution is -2.54. The molecule has 4 bridgehead atoms. The third kappa shape index (κ3) is 2.06. The Morgan fingerprint density at radius 3 is 2.80 bits per heavy atom. The van der Waals surface area contributed by atoms with Crippen molar-refractivity contribution in [2.45, 2.75) is 50.7 Å². The Balaban J connectivity index is 1.53. The van der Waals surface area contributed by atoms with Crippen molar-refractivity contribution in [3.05, 3.63) is 23.8 Å². The fourth-order valence-corrected chi connectivity index (χ4v) is 8.34. The quantitative estimate of drug-likeness (QED) is 0.636. The Morgan fingerprint density at radius 2 is 2.07 bits per heavy atom. The summed E-state index contributed by atoms with van der Waals surface area (Å²) in [6, 6.07) is 0. The van der Waals surface area contributed by atoms with Gasteiger partial charge in [0.05, 0.1) is 36.3 Å². The van der Waals surface area contributed by atoms with Gasteiger partial charge in [-0.2, -0.15) is 0 Å². The Hall–Kier alpha value is -1.50. The van der Waals surface area contributed by atoms with Gasteiger partial charge in [0.2, 0.25) is 5.91 Å². The summed E-state index contributed by atoms with van der Waals surface area (Å²) in [5.41, 5.74) is -0.177. The number of Topliss-reactive ketones (excluding diaryl/α,β-unsaturated/α-hetero) is 1.